The molecule has 0 bridgehead atoms. The number of halogens is 1. The Balaban J connectivity index is 1.68. The molecule has 0 radical (unpaired) electrons. The highest BCUT2D eigenvalue weighted by molar-refractivity contribution is 5.88. The fourth-order valence-electron chi connectivity index (χ4n) is 3.26. The van der Waals surface area contributed by atoms with Crippen LogP contribution in [0.4, 0.5) is 4.39 Å². The Kier molecular flexibility index (Phi) is 4.84. The molecule has 1 aromatic carbocycles. The van der Waals surface area contributed by atoms with Gasteiger partial charge in [0.25, 0.3) is 0 Å². The lowest BCUT2D eigenvalue weighted by atomic mass is 9.87. The molecule has 1 unspecified atom stereocenters. The second-order valence-electron chi connectivity index (χ2n) is 6.25. The van der Waals surface area contributed by atoms with E-state index in [2.05, 4.69) is 9.98 Å². The number of aliphatic imine (C=N–C) groups is 2. The van der Waals surface area contributed by atoms with Gasteiger partial charge in [0.1, 0.15) is 17.7 Å². The van der Waals surface area contributed by atoms with E-state index in [4.69, 9.17) is 0 Å². The van der Waals surface area contributed by atoms with Crippen molar-refractivity contribution < 1.29 is 9.18 Å². The van der Waals surface area contributed by atoms with Gasteiger partial charge < -0.3 is 4.90 Å². The highest BCUT2D eigenvalue weighted by Crippen LogP contribution is 2.32. The van der Waals surface area contributed by atoms with E-state index in [1.165, 1.54) is 31.3 Å². The van der Waals surface area contributed by atoms with Crippen molar-refractivity contribution in [1.82, 2.24) is 4.90 Å². The molecule has 2 aliphatic heterocycles. The Bertz CT molecular complexity index is 589. The van der Waals surface area contributed by atoms with Gasteiger partial charge in [-0.25, -0.2) is 9.38 Å². The van der Waals surface area contributed by atoms with E-state index < -0.39 is 5.54 Å². The average Bonchev–Trinajstić information content (AvgIpc) is 2.88. The monoisotopic (exact) mass is 315 g/mol. The summed E-state index contributed by atoms with van der Waals surface area (Å²) in [4.78, 5) is 23.0. The highest BCUT2D eigenvalue weighted by atomic mass is 19.1. The third-order valence-electron chi connectivity index (χ3n) is 4.67. The molecule has 1 aromatic rings. The molecule has 0 N–H and O–H groups in total. The summed E-state index contributed by atoms with van der Waals surface area (Å²) >= 11 is 0. The molecule has 1 amide bonds. The molecular weight excluding hydrogens is 293 g/mol. The fraction of sp³-hybridized carbons (Fsp3) is 0.500. The minimum absolute atomic E-state index is 0.184. The molecule has 2 heterocycles. The third kappa shape index (κ3) is 3.66. The number of nitrogens with zero attached hydrogens (tertiary/aromatic N) is 3. The second kappa shape index (κ2) is 7.02. The predicted octanol–water partition coefficient (Wildman–Crippen LogP) is 3.32. The lowest BCUT2D eigenvalue weighted by Gasteiger charge is -2.26. The smallest absolute Gasteiger partial charge is 0.222 e. The zero-order valence-electron chi connectivity index (χ0n) is 13.2. The quantitative estimate of drug-likeness (QED) is 0.840. The van der Waals surface area contributed by atoms with Gasteiger partial charge in [0.05, 0.1) is 0 Å². The normalized spacial score (nSPS) is 24.0. The van der Waals surface area contributed by atoms with E-state index in [0.29, 0.717) is 12.8 Å². The van der Waals surface area contributed by atoms with Gasteiger partial charge in [0.15, 0.2) is 0 Å². The summed E-state index contributed by atoms with van der Waals surface area (Å²) < 4.78 is 13.2. The van der Waals surface area contributed by atoms with E-state index in [9.17, 15) is 9.18 Å². The Labute approximate surface area is 136 Å². The number of likely N-dealkylation sites (tertiary alicyclic amines) is 1. The van der Waals surface area contributed by atoms with Crippen LogP contribution >= 0.6 is 0 Å². The molecule has 1 atom stereocenters. The minimum atomic E-state index is -0.630. The first-order chi connectivity index (χ1) is 11.2. The van der Waals surface area contributed by atoms with Gasteiger partial charge in [-0.3, -0.25) is 9.79 Å². The molecule has 122 valence electrons. The van der Waals surface area contributed by atoms with Crippen molar-refractivity contribution in [2.45, 2.75) is 44.1 Å². The average molecular weight is 315 g/mol. The van der Waals surface area contributed by atoms with Gasteiger partial charge in [-0.15, -0.1) is 0 Å². The van der Waals surface area contributed by atoms with E-state index in [0.717, 1.165) is 31.5 Å². The third-order valence-corrected chi connectivity index (χ3v) is 4.67. The van der Waals surface area contributed by atoms with Crippen LogP contribution in [0.25, 0.3) is 0 Å². The maximum Gasteiger partial charge on any atom is 0.222 e. The molecule has 1 fully saturated rings. The van der Waals surface area contributed by atoms with Crippen molar-refractivity contribution in [1.29, 1.82) is 0 Å². The van der Waals surface area contributed by atoms with Crippen molar-refractivity contribution in [2.75, 3.05) is 13.1 Å². The Morgan fingerprint density at radius 2 is 1.83 bits per heavy atom. The van der Waals surface area contributed by atoms with Crippen molar-refractivity contribution in [3.63, 3.8) is 0 Å². The lowest BCUT2D eigenvalue weighted by Crippen LogP contribution is -2.34. The van der Waals surface area contributed by atoms with Crippen molar-refractivity contribution >= 4 is 18.5 Å². The number of benzene rings is 1. The zero-order valence-corrected chi connectivity index (χ0v) is 13.2. The van der Waals surface area contributed by atoms with Gasteiger partial charge in [0.2, 0.25) is 5.91 Å². The second-order valence-corrected chi connectivity index (χ2v) is 6.25. The molecule has 0 aliphatic carbocycles. The Morgan fingerprint density at radius 3 is 2.43 bits per heavy atom. The van der Waals surface area contributed by atoms with Crippen molar-refractivity contribution in [3.05, 3.63) is 35.6 Å². The summed E-state index contributed by atoms with van der Waals surface area (Å²) in [5.41, 5.74) is 0.245. The van der Waals surface area contributed by atoms with Gasteiger partial charge in [-0.2, -0.15) is 0 Å². The largest absolute Gasteiger partial charge is 0.343 e. The highest BCUT2D eigenvalue weighted by Gasteiger charge is 2.32. The van der Waals surface area contributed by atoms with Gasteiger partial charge in [-0.05, 0) is 37.0 Å². The van der Waals surface area contributed by atoms with E-state index in [-0.39, 0.29) is 11.7 Å². The number of hydrogen-bond donors (Lipinski definition) is 0. The number of amides is 1. The van der Waals surface area contributed by atoms with Crippen molar-refractivity contribution in [2.24, 2.45) is 9.98 Å². The SMILES string of the molecule is O=C(CCC1(c2ccc(F)cc2)C=NC=N1)N1CCCCCC1. The first-order valence-electron chi connectivity index (χ1n) is 8.31. The zero-order chi connectivity index (χ0) is 16.1. The lowest BCUT2D eigenvalue weighted by molar-refractivity contribution is -0.131. The molecule has 5 heteroatoms. The summed E-state index contributed by atoms with van der Waals surface area (Å²) in [6.07, 6.45) is 8.87. The van der Waals surface area contributed by atoms with Crippen LogP contribution in [0, 0.1) is 5.82 Å². The molecule has 1 saturated heterocycles. The van der Waals surface area contributed by atoms with Gasteiger partial charge in [0, 0.05) is 25.7 Å². The first kappa shape index (κ1) is 15.8. The van der Waals surface area contributed by atoms with Gasteiger partial charge >= 0.3 is 0 Å². The topological polar surface area (TPSA) is 45.0 Å². The summed E-state index contributed by atoms with van der Waals surface area (Å²) in [5, 5.41) is 0. The van der Waals surface area contributed by atoms with Crippen LogP contribution in [0.3, 0.4) is 0 Å². The number of carbonyl (C=O) groups excluding carboxylic acids is 1. The number of carbonyl (C=O) groups is 1. The van der Waals surface area contributed by atoms with Crippen LogP contribution < -0.4 is 0 Å². The minimum Gasteiger partial charge on any atom is -0.343 e. The summed E-state index contributed by atoms with van der Waals surface area (Å²) in [6.45, 7) is 1.72. The molecule has 4 nitrogen and oxygen atoms in total. The number of rotatable bonds is 4. The Hall–Kier alpha value is -2.04. The molecule has 0 spiro atoms. The molecule has 2 aliphatic rings. The van der Waals surface area contributed by atoms with E-state index >= 15 is 0 Å². The molecule has 0 saturated carbocycles. The first-order valence-corrected chi connectivity index (χ1v) is 8.31. The van der Waals surface area contributed by atoms with E-state index in [1.807, 2.05) is 4.90 Å². The van der Waals surface area contributed by atoms with Crippen molar-refractivity contribution in [3.8, 4) is 0 Å². The standard InChI is InChI=1S/C18H22FN3O/c19-16-7-5-15(6-8-16)18(13-20-14-21-18)10-9-17(23)22-11-3-1-2-4-12-22/h5-8,13-14H,1-4,9-12H2. The summed E-state index contributed by atoms with van der Waals surface area (Å²) in [7, 11) is 0. The molecular formula is C18H22FN3O. The molecule has 3 rings (SSSR count). The summed E-state index contributed by atoms with van der Waals surface area (Å²) in [5.74, 6) is -0.0904. The molecule has 0 aromatic heterocycles. The Morgan fingerprint density at radius 1 is 1.13 bits per heavy atom. The fourth-order valence-corrected chi connectivity index (χ4v) is 3.26. The molecule has 23 heavy (non-hydrogen) atoms. The van der Waals surface area contributed by atoms with Crippen LogP contribution in [-0.2, 0) is 10.3 Å². The van der Waals surface area contributed by atoms with Crippen LogP contribution in [0.5, 0.6) is 0 Å². The maximum atomic E-state index is 13.2. The van der Waals surface area contributed by atoms with E-state index in [1.54, 1.807) is 18.3 Å². The summed E-state index contributed by atoms with van der Waals surface area (Å²) in [6, 6.07) is 6.30. The van der Waals surface area contributed by atoms with Gasteiger partial charge in [-0.1, -0.05) is 25.0 Å². The maximum absolute atomic E-state index is 13.2. The number of hydrogen-bond acceptors (Lipinski definition) is 3. The van der Waals surface area contributed by atoms with Crippen LogP contribution in [0.2, 0.25) is 0 Å². The predicted molar refractivity (Wildman–Crippen MR) is 89.3 cm³/mol. The van der Waals surface area contributed by atoms with Crippen LogP contribution in [-0.4, -0.2) is 36.4 Å². The van der Waals surface area contributed by atoms with Crippen LogP contribution in [0.15, 0.2) is 34.3 Å². The van der Waals surface area contributed by atoms with Crippen LogP contribution in [0.1, 0.15) is 44.1 Å².